The van der Waals surface area contributed by atoms with Crippen LogP contribution < -0.4 is 4.74 Å². The van der Waals surface area contributed by atoms with Gasteiger partial charge in [0.05, 0.1) is 13.5 Å². The van der Waals surface area contributed by atoms with Gasteiger partial charge in [0.25, 0.3) is 0 Å². The molecule has 0 heterocycles. The number of carboxylic acids is 1. The molecular formula is C16H20O3. The van der Waals surface area contributed by atoms with E-state index in [4.69, 9.17) is 9.84 Å². The summed E-state index contributed by atoms with van der Waals surface area (Å²) < 4.78 is 5.53. The van der Waals surface area contributed by atoms with Gasteiger partial charge in [0, 0.05) is 11.0 Å². The fraction of sp³-hybridized carbons (Fsp3) is 0.562. The quantitative estimate of drug-likeness (QED) is 0.905. The monoisotopic (exact) mass is 260 g/mol. The minimum absolute atomic E-state index is 0.163. The second-order valence-electron chi connectivity index (χ2n) is 5.88. The average molecular weight is 260 g/mol. The smallest absolute Gasteiger partial charge is 0.304 e. The molecule has 102 valence electrons. The van der Waals surface area contributed by atoms with Gasteiger partial charge in [0.2, 0.25) is 0 Å². The minimum Gasteiger partial charge on any atom is -0.496 e. The maximum absolute atomic E-state index is 11.1. The number of hydrogen-bond donors (Lipinski definition) is 1. The van der Waals surface area contributed by atoms with Crippen LogP contribution in [0.25, 0.3) is 0 Å². The van der Waals surface area contributed by atoms with Crippen LogP contribution in [0.3, 0.4) is 0 Å². The number of hydrogen-bond acceptors (Lipinski definition) is 2. The summed E-state index contributed by atoms with van der Waals surface area (Å²) in [5.41, 5.74) is 3.75. The van der Waals surface area contributed by atoms with Gasteiger partial charge < -0.3 is 9.84 Å². The normalized spacial score (nSPS) is 19.6. The van der Waals surface area contributed by atoms with Crippen LogP contribution in [0.4, 0.5) is 0 Å². The lowest BCUT2D eigenvalue weighted by Crippen LogP contribution is -2.16. The Balaban J connectivity index is 2.02. The molecule has 0 amide bonds. The lowest BCUT2D eigenvalue weighted by molar-refractivity contribution is -0.137. The maximum atomic E-state index is 11.1. The van der Waals surface area contributed by atoms with E-state index in [0.717, 1.165) is 37.0 Å². The second kappa shape index (κ2) is 4.55. The molecule has 1 aromatic carbocycles. The van der Waals surface area contributed by atoms with Crippen LogP contribution in [0.2, 0.25) is 0 Å². The van der Waals surface area contributed by atoms with Gasteiger partial charge in [-0.1, -0.05) is 6.07 Å². The number of benzene rings is 1. The topological polar surface area (TPSA) is 46.5 Å². The van der Waals surface area contributed by atoms with Gasteiger partial charge in [0.15, 0.2) is 0 Å². The lowest BCUT2D eigenvalue weighted by atomic mass is 9.84. The highest BCUT2D eigenvalue weighted by Gasteiger charge is 2.48. The molecule has 0 atom stereocenters. The third kappa shape index (κ3) is 2.22. The van der Waals surface area contributed by atoms with Crippen LogP contribution in [0.15, 0.2) is 12.1 Å². The largest absolute Gasteiger partial charge is 0.496 e. The van der Waals surface area contributed by atoms with Gasteiger partial charge in [0.1, 0.15) is 5.75 Å². The molecule has 1 saturated carbocycles. The predicted octanol–water partition coefficient (Wildman–Crippen LogP) is 3.08. The molecule has 2 aliphatic rings. The van der Waals surface area contributed by atoms with Crippen LogP contribution in [-0.2, 0) is 23.1 Å². The van der Waals surface area contributed by atoms with E-state index >= 15 is 0 Å². The second-order valence-corrected chi connectivity index (χ2v) is 5.88. The molecule has 0 spiro atoms. The molecule has 0 bridgehead atoms. The molecule has 19 heavy (non-hydrogen) atoms. The highest BCUT2D eigenvalue weighted by atomic mass is 16.5. The molecule has 3 heteroatoms. The lowest BCUT2D eigenvalue weighted by Gasteiger charge is -2.23. The summed E-state index contributed by atoms with van der Waals surface area (Å²) in [6, 6.07) is 4.37. The van der Waals surface area contributed by atoms with Crippen LogP contribution in [0.1, 0.15) is 48.8 Å². The SMILES string of the molecule is COc1cc2c(cc1C1(CC(=O)O)CC1)CCCC2. The van der Waals surface area contributed by atoms with E-state index in [9.17, 15) is 4.79 Å². The summed E-state index contributed by atoms with van der Waals surface area (Å²) in [6.07, 6.45) is 6.89. The standard InChI is InChI=1S/C16H20O3/c1-19-14-9-12-5-3-2-4-11(12)8-13(14)16(6-7-16)10-15(17)18/h8-9H,2-7,10H2,1H3,(H,17,18). The summed E-state index contributed by atoms with van der Waals surface area (Å²) in [5, 5.41) is 9.11. The van der Waals surface area contributed by atoms with Gasteiger partial charge in [-0.15, -0.1) is 0 Å². The van der Waals surface area contributed by atoms with Crippen molar-refractivity contribution in [1.29, 1.82) is 0 Å². The molecule has 2 aliphatic carbocycles. The fourth-order valence-corrected chi connectivity index (χ4v) is 3.33. The molecule has 0 aromatic heterocycles. The molecule has 0 saturated heterocycles. The van der Waals surface area contributed by atoms with Crippen molar-refractivity contribution in [3.05, 3.63) is 28.8 Å². The van der Waals surface area contributed by atoms with Crippen LogP contribution in [-0.4, -0.2) is 18.2 Å². The highest BCUT2D eigenvalue weighted by molar-refractivity contribution is 5.71. The number of aliphatic carboxylic acids is 1. The van der Waals surface area contributed by atoms with Crippen molar-refractivity contribution in [3.63, 3.8) is 0 Å². The summed E-state index contributed by atoms with van der Waals surface area (Å²) in [7, 11) is 1.69. The number of carbonyl (C=O) groups is 1. The number of fused-ring (bicyclic) bond motifs is 1. The van der Waals surface area contributed by atoms with Crippen LogP contribution in [0, 0.1) is 0 Å². The predicted molar refractivity (Wildman–Crippen MR) is 72.8 cm³/mol. The van der Waals surface area contributed by atoms with Gasteiger partial charge in [-0.25, -0.2) is 0 Å². The first-order chi connectivity index (χ1) is 9.14. The van der Waals surface area contributed by atoms with E-state index in [1.807, 2.05) is 0 Å². The Bertz CT molecular complexity index is 515. The zero-order chi connectivity index (χ0) is 13.5. The molecule has 1 fully saturated rings. The van der Waals surface area contributed by atoms with Gasteiger partial charge in [-0.3, -0.25) is 4.79 Å². The molecule has 3 rings (SSSR count). The Hall–Kier alpha value is -1.51. The molecular weight excluding hydrogens is 240 g/mol. The highest BCUT2D eigenvalue weighted by Crippen LogP contribution is 2.54. The van der Waals surface area contributed by atoms with E-state index in [1.165, 1.54) is 24.0 Å². The summed E-state index contributed by atoms with van der Waals surface area (Å²) in [4.78, 5) is 11.1. The molecule has 0 unspecified atom stereocenters. The van der Waals surface area contributed by atoms with Crippen molar-refractivity contribution in [3.8, 4) is 5.75 Å². The molecule has 1 aromatic rings. The first-order valence-corrected chi connectivity index (χ1v) is 7.07. The van der Waals surface area contributed by atoms with Crippen molar-refractivity contribution in [2.45, 2.75) is 50.4 Å². The minimum atomic E-state index is -0.711. The Morgan fingerprint density at radius 2 is 1.89 bits per heavy atom. The van der Waals surface area contributed by atoms with E-state index in [1.54, 1.807) is 7.11 Å². The van der Waals surface area contributed by atoms with E-state index in [0.29, 0.717) is 0 Å². The first-order valence-electron chi connectivity index (χ1n) is 7.07. The molecule has 0 aliphatic heterocycles. The fourth-order valence-electron chi connectivity index (χ4n) is 3.33. The molecule has 0 radical (unpaired) electrons. The van der Waals surface area contributed by atoms with Crippen molar-refractivity contribution < 1.29 is 14.6 Å². The average Bonchev–Trinajstić information content (AvgIpc) is 3.17. The Kier molecular flexibility index (Phi) is 3.00. The van der Waals surface area contributed by atoms with Crippen molar-refractivity contribution in [2.75, 3.05) is 7.11 Å². The van der Waals surface area contributed by atoms with Crippen LogP contribution in [0.5, 0.6) is 5.75 Å². The third-order valence-corrected chi connectivity index (χ3v) is 4.58. The third-order valence-electron chi connectivity index (χ3n) is 4.58. The van der Waals surface area contributed by atoms with Crippen molar-refractivity contribution >= 4 is 5.97 Å². The molecule has 3 nitrogen and oxygen atoms in total. The summed E-state index contributed by atoms with van der Waals surface area (Å²) in [6.45, 7) is 0. The zero-order valence-corrected chi connectivity index (χ0v) is 11.4. The number of carboxylic acid groups (broad SMARTS) is 1. The summed E-state index contributed by atoms with van der Waals surface area (Å²) >= 11 is 0. The molecule has 1 N–H and O–H groups in total. The van der Waals surface area contributed by atoms with Gasteiger partial charge >= 0.3 is 5.97 Å². The Labute approximate surface area is 113 Å². The first kappa shape index (κ1) is 12.5. The van der Waals surface area contributed by atoms with Gasteiger partial charge in [-0.05, 0) is 55.7 Å². The van der Waals surface area contributed by atoms with E-state index in [2.05, 4.69) is 12.1 Å². The Morgan fingerprint density at radius 1 is 1.26 bits per heavy atom. The zero-order valence-electron chi connectivity index (χ0n) is 11.4. The maximum Gasteiger partial charge on any atom is 0.304 e. The van der Waals surface area contributed by atoms with Crippen LogP contribution >= 0.6 is 0 Å². The van der Waals surface area contributed by atoms with Crippen molar-refractivity contribution in [1.82, 2.24) is 0 Å². The number of rotatable bonds is 4. The number of ether oxygens (including phenoxy) is 1. The van der Waals surface area contributed by atoms with Gasteiger partial charge in [-0.2, -0.15) is 0 Å². The van der Waals surface area contributed by atoms with Crippen molar-refractivity contribution in [2.24, 2.45) is 0 Å². The summed E-state index contributed by atoms with van der Waals surface area (Å²) in [5.74, 6) is 0.177. The number of methoxy groups -OCH3 is 1. The number of aryl methyl sites for hydroxylation is 2. The Morgan fingerprint density at radius 3 is 2.42 bits per heavy atom. The van der Waals surface area contributed by atoms with E-state index in [-0.39, 0.29) is 11.8 Å². The van der Waals surface area contributed by atoms with E-state index < -0.39 is 5.97 Å².